The van der Waals surface area contributed by atoms with Crippen molar-refractivity contribution in [2.45, 2.75) is 6.92 Å². The van der Waals surface area contributed by atoms with Gasteiger partial charge < -0.3 is 4.74 Å². The highest BCUT2D eigenvalue weighted by atomic mass is 16.5. The summed E-state index contributed by atoms with van der Waals surface area (Å²) < 4.78 is 5.45. The first kappa shape index (κ1) is 15.0. The minimum Gasteiger partial charge on any atom is -0.494 e. The Morgan fingerprint density at radius 1 is 0.957 bits per heavy atom. The van der Waals surface area contributed by atoms with Crippen LogP contribution in [0.1, 0.15) is 16.8 Å². The van der Waals surface area contributed by atoms with Crippen molar-refractivity contribution in [3.05, 3.63) is 89.7 Å². The van der Waals surface area contributed by atoms with E-state index in [1.165, 1.54) is 0 Å². The fourth-order valence-corrected chi connectivity index (χ4v) is 2.38. The van der Waals surface area contributed by atoms with Crippen molar-refractivity contribution in [1.82, 2.24) is 4.98 Å². The Labute approximate surface area is 136 Å². The molecule has 1 heterocycles. The number of nitrogens with zero attached hydrogens (tertiary/aromatic N) is 2. The SMILES string of the molecule is COc1ccc(C)cc1N=C(c1ccccc1)c1ccccn1. The van der Waals surface area contributed by atoms with Crippen LogP contribution in [0.3, 0.4) is 0 Å². The molecule has 0 saturated heterocycles. The molecule has 0 fully saturated rings. The molecule has 0 atom stereocenters. The molecule has 3 aromatic rings. The third-order valence-corrected chi connectivity index (χ3v) is 3.52. The number of hydrogen-bond donors (Lipinski definition) is 0. The third-order valence-electron chi connectivity index (χ3n) is 3.52. The lowest BCUT2D eigenvalue weighted by molar-refractivity contribution is 0.416. The molecule has 0 aliphatic heterocycles. The van der Waals surface area contributed by atoms with Gasteiger partial charge in [-0.15, -0.1) is 0 Å². The minimum atomic E-state index is 0.750. The van der Waals surface area contributed by atoms with Crippen LogP contribution >= 0.6 is 0 Å². The van der Waals surface area contributed by atoms with Crippen molar-refractivity contribution in [2.24, 2.45) is 4.99 Å². The topological polar surface area (TPSA) is 34.5 Å². The van der Waals surface area contributed by atoms with E-state index < -0.39 is 0 Å². The van der Waals surface area contributed by atoms with E-state index in [4.69, 9.17) is 9.73 Å². The predicted molar refractivity (Wildman–Crippen MR) is 93.7 cm³/mol. The van der Waals surface area contributed by atoms with Gasteiger partial charge in [-0.1, -0.05) is 42.5 Å². The molecule has 114 valence electrons. The van der Waals surface area contributed by atoms with Gasteiger partial charge in [0, 0.05) is 11.8 Å². The number of aliphatic imine (C=N–C) groups is 1. The third kappa shape index (κ3) is 3.46. The van der Waals surface area contributed by atoms with Crippen LogP contribution in [0.2, 0.25) is 0 Å². The first-order valence-corrected chi connectivity index (χ1v) is 7.48. The highest BCUT2D eigenvalue weighted by Crippen LogP contribution is 2.29. The Morgan fingerprint density at radius 3 is 2.43 bits per heavy atom. The Hall–Kier alpha value is -2.94. The second-order valence-corrected chi connectivity index (χ2v) is 5.22. The zero-order valence-corrected chi connectivity index (χ0v) is 13.2. The van der Waals surface area contributed by atoms with Gasteiger partial charge in [0.2, 0.25) is 0 Å². The number of aromatic nitrogens is 1. The molecular weight excluding hydrogens is 284 g/mol. The van der Waals surface area contributed by atoms with E-state index in [2.05, 4.69) is 4.98 Å². The Bertz CT molecular complexity index is 770. The average Bonchev–Trinajstić information content (AvgIpc) is 2.61. The predicted octanol–water partition coefficient (Wildman–Crippen LogP) is 4.57. The second-order valence-electron chi connectivity index (χ2n) is 5.22. The lowest BCUT2D eigenvalue weighted by Gasteiger charge is -2.10. The number of aryl methyl sites for hydroxylation is 1. The van der Waals surface area contributed by atoms with Gasteiger partial charge in [0.05, 0.1) is 18.5 Å². The molecular formula is C20H18N2O. The molecule has 0 N–H and O–H groups in total. The van der Waals surface area contributed by atoms with Gasteiger partial charge in [0.25, 0.3) is 0 Å². The summed E-state index contributed by atoms with van der Waals surface area (Å²) in [6.45, 7) is 2.04. The second kappa shape index (κ2) is 6.88. The maximum Gasteiger partial charge on any atom is 0.144 e. The largest absolute Gasteiger partial charge is 0.494 e. The molecule has 3 rings (SSSR count). The molecule has 0 saturated carbocycles. The van der Waals surface area contributed by atoms with Gasteiger partial charge in [-0.2, -0.15) is 0 Å². The average molecular weight is 302 g/mol. The number of hydrogen-bond acceptors (Lipinski definition) is 3. The van der Waals surface area contributed by atoms with Crippen LogP contribution in [0, 0.1) is 6.92 Å². The molecule has 3 nitrogen and oxygen atoms in total. The highest BCUT2D eigenvalue weighted by Gasteiger charge is 2.10. The molecule has 0 aliphatic rings. The van der Waals surface area contributed by atoms with Crippen LogP contribution in [0.15, 0.2) is 77.9 Å². The molecule has 2 aromatic carbocycles. The normalized spacial score (nSPS) is 11.3. The summed E-state index contributed by atoms with van der Waals surface area (Å²) in [6, 6.07) is 21.9. The summed E-state index contributed by atoms with van der Waals surface area (Å²) in [6.07, 6.45) is 1.78. The Morgan fingerprint density at radius 2 is 1.74 bits per heavy atom. The molecule has 0 bridgehead atoms. The summed E-state index contributed by atoms with van der Waals surface area (Å²) in [7, 11) is 1.66. The summed E-state index contributed by atoms with van der Waals surface area (Å²) in [5.74, 6) is 0.750. The zero-order valence-electron chi connectivity index (χ0n) is 13.2. The number of pyridine rings is 1. The quantitative estimate of drug-likeness (QED) is 0.662. The Balaban J connectivity index is 2.18. The molecule has 23 heavy (non-hydrogen) atoms. The van der Waals surface area contributed by atoms with Crippen molar-refractivity contribution in [3.8, 4) is 5.75 Å². The summed E-state index contributed by atoms with van der Waals surface area (Å²) in [5.41, 5.74) is 4.63. The van der Waals surface area contributed by atoms with E-state index in [0.717, 1.165) is 34.0 Å². The van der Waals surface area contributed by atoms with E-state index in [1.807, 2.05) is 73.7 Å². The van der Waals surface area contributed by atoms with E-state index in [9.17, 15) is 0 Å². The van der Waals surface area contributed by atoms with Gasteiger partial charge in [0.1, 0.15) is 11.4 Å². The van der Waals surface area contributed by atoms with Crippen molar-refractivity contribution < 1.29 is 4.74 Å². The molecule has 1 aromatic heterocycles. The molecule has 0 aliphatic carbocycles. The summed E-state index contributed by atoms with van der Waals surface area (Å²) in [4.78, 5) is 9.32. The van der Waals surface area contributed by atoms with Crippen LogP contribution in [0.4, 0.5) is 5.69 Å². The van der Waals surface area contributed by atoms with Crippen molar-refractivity contribution in [2.75, 3.05) is 7.11 Å². The van der Waals surface area contributed by atoms with Crippen LogP contribution in [-0.4, -0.2) is 17.8 Å². The number of ether oxygens (including phenoxy) is 1. The van der Waals surface area contributed by atoms with Crippen LogP contribution < -0.4 is 4.74 Å². The molecule has 0 spiro atoms. The van der Waals surface area contributed by atoms with E-state index >= 15 is 0 Å². The molecule has 0 radical (unpaired) electrons. The first-order valence-electron chi connectivity index (χ1n) is 7.48. The van der Waals surface area contributed by atoms with Crippen LogP contribution in [0.25, 0.3) is 0 Å². The standard InChI is InChI=1S/C20H18N2O/c1-15-11-12-19(23-2)18(14-15)22-20(16-8-4-3-5-9-16)17-10-6-7-13-21-17/h3-14H,1-2H3. The fraction of sp³-hybridized carbons (Fsp3) is 0.100. The summed E-state index contributed by atoms with van der Waals surface area (Å²) >= 11 is 0. The fourth-order valence-electron chi connectivity index (χ4n) is 2.38. The maximum atomic E-state index is 5.45. The van der Waals surface area contributed by atoms with Gasteiger partial charge in [-0.05, 0) is 36.8 Å². The minimum absolute atomic E-state index is 0.750. The zero-order chi connectivity index (χ0) is 16.1. The van der Waals surface area contributed by atoms with Crippen molar-refractivity contribution >= 4 is 11.4 Å². The van der Waals surface area contributed by atoms with E-state index in [-0.39, 0.29) is 0 Å². The van der Waals surface area contributed by atoms with Crippen LogP contribution in [-0.2, 0) is 0 Å². The number of methoxy groups -OCH3 is 1. The summed E-state index contributed by atoms with van der Waals surface area (Å²) in [5, 5.41) is 0. The first-order chi connectivity index (χ1) is 11.3. The van der Waals surface area contributed by atoms with Crippen molar-refractivity contribution in [1.29, 1.82) is 0 Å². The number of rotatable bonds is 4. The van der Waals surface area contributed by atoms with E-state index in [1.54, 1.807) is 13.3 Å². The number of benzene rings is 2. The lowest BCUT2D eigenvalue weighted by atomic mass is 10.1. The van der Waals surface area contributed by atoms with Crippen molar-refractivity contribution in [3.63, 3.8) is 0 Å². The van der Waals surface area contributed by atoms with Gasteiger partial charge in [-0.3, -0.25) is 4.98 Å². The highest BCUT2D eigenvalue weighted by molar-refractivity contribution is 6.12. The smallest absolute Gasteiger partial charge is 0.144 e. The van der Waals surface area contributed by atoms with E-state index in [0.29, 0.717) is 0 Å². The van der Waals surface area contributed by atoms with Crippen LogP contribution in [0.5, 0.6) is 5.75 Å². The monoisotopic (exact) mass is 302 g/mol. The molecule has 0 amide bonds. The van der Waals surface area contributed by atoms with Gasteiger partial charge >= 0.3 is 0 Å². The van der Waals surface area contributed by atoms with Gasteiger partial charge in [-0.25, -0.2) is 4.99 Å². The molecule has 0 unspecified atom stereocenters. The van der Waals surface area contributed by atoms with Gasteiger partial charge in [0.15, 0.2) is 0 Å². The molecule has 3 heteroatoms. The Kier molecular flexibility index (Phi) is 4.48. The maximum absolute atomic E-state index is 5.45. The lowest BCUT2D eigenvalue weighted by Crippen LogP contribution is -2.05.